The van der Waals surface area contributed by atoms with Crippen molar-refractivity contribution in [3.63, 3.8) is 0 Å². The number of nitrogens with one attached hydrogen (secondary N) is 1. The van der Waals surface area contributed by atoms with Gasteiger partial charge in [0.1, 0.15) is 0 Å². The van der Waals surface area contributed by atoms with Gasteiger partial charge in [0, 0.05) is 6.04 Å². The molecule has 1 fully saturated rings. The Bertz CT molecular complexity index is 299. The fourth-order valence-electron chi connectivity index (χ4n) is 3.00. The van der Waals surface area contributed by atoms with Crippen molar-refractivity contribution >= 4 is 23.1 Å². The molecule has 3 nitrogen and oxygen atoms in total. The van der Waals surface area contributed by atoms with E-state index in [-0.39, 0.29) is 11.8 Å². The zero-order chi connectivity index (χ0) is 14.3. The van der Waals surface area contributed by atoms with Crippen LogP contribution in [0.4, 0.5) is 0 Å². The largest absolute Gasteiger partial charge is 0.393 e. The Balaban J connectivity index is 2.38. The van der Waals surface area contributed by atoms with Crippen LogP contribution in [0.1, 0.15) is 65.2 Å². The highest BCUT2D eigenvalue weighted by molar-refractivity contribution is 7.80. The van der Waals surface area contributed by atoms with Gasteiger partial charge in [-0.15, -0.1) is 0 Å². The van der Waals surface area contributed by atoms with Crippen LogP contribution in [-0.4, -0.2) is 16.9 Å². The number of carbonyl (C=O) groups is 1. The Labute approximate surface area is 122 Å². The zero-order valence-corrected chi connectivity index (χ0v) is 13.1. The first-order valence-electron chi connectivity index (χ1n) is 7.68. The molecule has 0 aromatic heterocycles. The Hall–Kier alpha value is -0.640. The molecule has 110 valence electrons. The minimum absolute atomic E-state index is 0.0355. The molecule has 0 spiro atoms. The summed E-state index contributed by atoms with van der Waals surface area (Å²) in [6, 6.07) is 0.328. The van der Waals surface area contributed by atoms with Gasteiger partial charge in [0.25, 0.3) is 0 Å². The van der Waals surface area contributed by atoms with E-state index in [1.54, 1.807) is 0 Å². The smallest absolute Gasteiger partial charge is 0.230 e. The van der Waals surface area contributed by atoms with Gasteiger partial charge in [-0.05, 0) is 38.0 Å². The minimum atomic E-state index is -0.284. The van der Waals surface area contributed by atoms with Crippen molar-refractivity contribution in [1.82, 2.24) is 5.32 Å². The number of carbonyl (C=O) groups excluding carboxylic acids is 1. The van der Waals surface area contributed by atoms with E-state index in [1.165, 1.54) is 25.7 Å². The summed E-state index contributed by atoms with van der Waals surface area (Å²) in [5.74, 6) is 0.613. The van der Waals surface area contributed by atoms with Gasteiger partial charge in [-0.3, -0.25) is 4.79 Å². The normalized spacial score (nSPS) is 24.7. The first kappa shape index (κ1) is 16.4. The van der Waals surface area contributed by atoms with Crippen molar-refractivity contribution in [2.24, 2.45) is 17.6 Å². The van der Waals surface area contributed by atoms with E-state index < -0.39 is 0 Å². The Morgan fingerprint density at radius 1 is 1.26 bits per heavy atom. The van der Waals surface area contributed by atoms with Gasteiger partial charge in [-0.1, -0.05) is 45.3 Å². The van der Waals surface area contributed by atoms with Gasteiger partial charge in [-0.25, -0.2) is 0 Å². The lowest BCUT2D eigenvalue weighted by Crippen LogP contribution is -2.44. The van der Waals surface area contributed by atoms with Crippen LogP contribution in [0.3, 0.4) is 0 Å². The molecule has 1 saturated carbocycles. The average Bonchev–Trinajstić information content (AvgIpc) is 2.38. The summed E-state index contributed by atoms with van der Waals surface area (Å²) >= 11 is 5.00. The summed E-state index contributed by atoms with van der Waals surface area (Å²) in [6.07, 6.45) is 8.96. The fraction of sp³-hybridized carbons (Fsp3) is 0.867. The predicted octanol–water partition coefficient (Wildman–Crippen LogP) is 3.16. The molecule has 1 aliphatic rings. The van der Waals surface area contributed by atoms with Crippen molar-refractivity contribution < 1.29 is 4.79 Å². The first-order valence-corrected chi connectivity index (χ1v) is 8.08. The number of thiocarbonyl (C=S) groups is 1. The molecule has 1 atom stereocenters. The predicted molar refractivity (Wildman–Crippen MR) is 84.0 cm³/mol. The molecule has 0 aromatic rings. The van der Waals surface area contributed by atoms with Crippen molar-refractivity contribution in [2.45, 2.75) is 71.3 Å². The number of hydrogen-bond acceptors (Lipinski definition) is 2. The van der Waals surface area contributed by atoms with Gasteiger partial charge < -0.3 is 11.1 Å². The number of rotatable bonds is 7. The molecule has 4 heteroatoms. The summed E-state index contributed by atoms with van der Waals surface area (Å²) in [5, 5.41) is 3.14. The fourth-order valence-corrected chi connectivity index (χ4v) is 3.22. The number of nitrogens with two attached hydrogens (primary N) is 1. The standard InChI is InChI=1S/C15H28N2OS/c1-3-5-11-7-9-12(10-8-11)17-15(18)13(6-4-2)14(16)19/h11-13H,3-10H2,1-2H3,(H2,16,19)(H,17,18). The summed E-state index contributed by atoms with van der Waals surface area (Å²) in [4.78, 5) is 12.5. The quantitative estimate of drug-likeness (QED) is 0.706. The topological polar surface area (TPSA) is 55.1 Å². The van der Waals surface area contributed by atoms with Crippen molar-refractivity contribution in [2.75, 3.05) is 0 Å². The SMILES string of the molecule is CCCC1CCC(NC(=O)C(CCC)C(N)=S)CC1. The molecule has 0 saturated heterocycles. The van der Waals surface area contributed by atoms with Crippen molar-refractivity contribution in [3.8, 4) is 0 Å². The first-order chi connectivity index (χ1) is 9.08. The highest BCUT2D eigenvalue weighted by Gasteiger charge is 2.26. The van der Waals surface area contributed by atoms with E-state index in [2.05, 4.69) is 19.2 Å². The van der Waals surface area contributed by atoms with Gasteiger partial charge in [-0.2, -0.15) is 0 Å². The van der Waals surface area contributed by atoms with Crippen molar-refractivity contribution in [3.05, 3.63) is 0 Å². The molecule has 0 radical (unpaired) electrons. The molecular weight excluding hydrogens is 256 g/mol. The van der Waals surface area contributed by atoms with Crippen LogP contribution in [0.2, 0.25) is 0 Å². The molecule has 1 aliphatic carbocycles. The average molecular weight is 284 g/mol. The van der Waals surface area contributed by atoms with Crippen LogP contribution >= 0.6 is 12.2 Å². The van der Waals surface area contributed by atoms with Crippen LogP contribution in [0.5, 0.6) is 0 Å². The minimum Gasteiger partial charge on any atom is -0.393 e. The third-order valence-corrected chi connectivity index (χ3v) is 4.41. The number of hydrogen-bond donors (Lipinski definition) is 2. The molecule has 3 N–H and O–H groups in total. The van der Waals surface area contributed by atoms with Gasteiger partial charge in [0.15, 0.2) is 0 Å². The van der Waals surface area contributed by atoms with Crippen LogP contribution in [-0.2, 0) is 4.79 Å². The molecule has 0 aromatic carbocycles. The highest BCUT2D eigenvalue weighted by Crippen LogP contribution is 2.27. The molecule has 0 bridgehead atoms. The second-order valence-corrected chi connectivity index (χ2v) is 6.23. The third kappa shape index (κ3) is 5.47. The van der Waals surface area contributed by atoms with Gasteiger partial charge in [0.05, 0.1) is 10.9 Å². The lowest BCUT2D eigenvalue weighted by molar-refractivity contribution is -0.124. The maximum atomic E-state index is 12.2. The number of amides is 1. The summed E-state index contributed by atoms with van der Waals surface area (Å²) in [7, 11) is 0. The summed E-state index contributed by atoms with van der Waals surface area (Å²) in [5.41, 5.74) is 5.66. The van der Waals surface area contributed by atoms with E-state index in [0.717, 1.165) is 31.6 Å². The monoisotopic (exact) mass is 284 g/mol. The van der Waals surface area contributed by atoms with E-state index in [0.29, 0.717) is 11.0 Å². The van der Waals surface area contributed by atoms with Gasteiger partial charge in [0.2, 0.25) is 5.91 Å². The zero-order valence-electron chi connectivity index (χ0n) is 12.3. The van der Waals surface area contributed by atoms with Crippen LogP contribution in [0.15, 0.2) is 0 Å². The molecule has 1 unspecified atom stereocenters. The van der Waals surface area contributed by atoms with Crippen LogP contribution in [0.25, 0.3) is 0 Å². The van der Waals surface area contributed by atoms with Crippen LogP contribution < -0.4 is 11.1 Å². The second kappa shape index (κ2) is 8.51. The maximum absolute atomic E-state index is 12.2. The molecule has 0 aliphatic heterocycles. The second-order valence-electron chi connectivity index (χ2n) is 5.76. The lowest BCUT2D eigenvalue weighted by Gasteiger charge is -2.30. The Morgan fingerprint density at radius 3 is 2.37 bits per heavy atom. The molecule has 1 amide bonds. The molecule has 1 rings (SSSR count). The Kier molecular flexibility index (Phi) is 7.36. The summed E-state index contributed by atoms with van der Waals surface area (Å²) in [6.45, 7) is 4.29. The van der Waals surface area contributed by atoms with E-state index in [1.807, 2.05) is 0 Å². The van der Waals surface area contributed by atoms with Gasteiger partial charge >= 0.3 is 0 Å². The van der Waals surface area contributed by atoms with E-state index in [9.17, 15) is 4.79 Å². The van der Waals surface area contributed by atoms with Crippen molar-refractivity contribution in [1.29, 1.82) is 0 Å². The van der Waals surface area contributed by atoms with E-state index >= 15 is 0 Å². The third-order valence-electron chi connectivity index (χ3n) is 4.13. The summed E-state index contributed by atoms with van der Waals surface area (Å²) < 4.78 is 0. The molecule has 0 heterocycles. The van der Waals surface area contributed by atoms with E-state index in [4.69, 9.17) is 18.0 Å². The Morgan fingerprint density at radius 2 is 1.89 bits per heavy atom. The molecule has 19 heavy (non-hydrogen) atoms. The highest BCUT2D eigenvalue weighted by atomic mass is 32.1. The lowest BCUT2D eigenvalue weighted by atomic mass is 9.83. The maximum Gasteiger partial charge on any atom is 0.230 e. The molecular formula is C15H28N2OS. The van der Waals surface area contributed by atoms with Crippen LogP contribution in [0, 0.1) is 11.8 Å².